The molecule has 1 saturated heterocycles. The largest absolute Gasteiger partial charge is 0.455 e. The Morgan fingerprint density at radius 2 is 1.85 bits per heavy atom. The van der Waals surface area contributed by atoms with Gasteiger partial charge in [0.25, 0.3) is 5.91 Å². The second-order valence-electron chi connectivity index (χ2n) is 8.60. The van der Waals surface area contributed by atoms with Gasteiger partial charge in [0.15, 0.2) is 5.76 Å². The number of rotatable bonds is 6. The Hall–Kier alpha value is -3.20. The number of aromatic nitrogens is 2. The predicted molar refractivity (Wildman–Crippen MR) is 128 cm³/mol. The van der Waals surface area contributed by atoms with E-state index in [1.165, 1.54) is 23.9 Å². The summed E-state index contributed by atoms with van der Waals surface area (Å²) in [5.74, 6) is 1.07. The topological polar surface area (TPSA) is 79.5 Å². The van der Waals surface area contributed by atoms with Crippen LogP contribution in [0.1, 0.15) is 37.1 Å². The molecule has 3 heterocycles. The molecular weight excluding hydrogens is 455 g/mol. The lowest BCUT2D eigenvalue weighted by atomic mass is 10.1. The molecule has 0 N–H and O–H groups in total. The molecule has 178 valence electrons. The van der Waals surface area contributed by atoms with Gasteiger partial charge in [-0.25, -0.2) is 4.39 Å². The van der Waals surface area contributed by atoms with Gasteiger partial charge >= 0.3 is 0 Å². The average Bonchev–Trinajstić information content (AvgIpc) is 3.31. The van der Waals surface area contributed by atoms with Crippen LogP contribution in [0.5, 0.6) is 0 Å². The quantitative estimate of drug-likeness (QED) is 0.482. The van der Waals surface area contributed by atoms with E-state index in [4.69, 9.17) is 4.42 Å². The van der Waals surface area contributed by atoms with Crippen LogP contribution in [0.2, 0.25) is 0 Å². The zero-order valence-corrected chi connectivity index (χ0v) is 20.2. The van der Waals surface area contributed by atoms with Crippen LogP contribution in [0, 0.1) is 11.7 Å². The smallest absolute Gasteiger partial charge is 0.289 e. The zero-order valence-electron chi connectivity index (χ0n) is 19.4. The Kier molecular flexibility index (Phi) is 7.31. The first-order valence-electron chi connectivity index (χ1n) is 11.2. The third-order valence-electron chi connectivity index (χ3n) is 5.71. The molecular formula is C25H27FN4O3S. The van der Waals surface area contributed by atoms with E-state index < -0.39 is 0 Å². The van der Waals surface area contributed by atoms with Crippen LogP contribution < -0.4 is 0 Å². The molecule has 1 fully saturated rings. The third-order valence-corrected chi connectivity index (χ3v) is 6.65. The van der Waals surface area contributed by atoms with Gasteiger partial charge in [0.05, 0.1) is 11.4 Å². The van der Waals surface area contributed by atoms with Crippen molar-refractivity contribution in [1.82, 2.24) is 20.0 Å². The summed E-state index contributed by atoms with van der Waals surface area (Å²) in [6.45, 7) is 7.24. The summed E-state index contributed by atoms with van der Waals surface area (Å²) in [7, 11) is 0. The van der Waals surface area contributed by atoms with Crippen LogP contribution in [0.15, 0.2) is 58.0 Å². The van der Waals surface area contributed by atoms with Gasteiger partial charge < -0.3 is 14.2 Å². The van der Waals surface area contributed by atoms with Crippen molar-refractivity contribution in [3.63, 3.8) is 0 Å². The zero-order chi connectivity index (χ0) is 24.2. The molecule has 0 unspecified atom stereocenters. The van der Waals surface area contributed by atoms with E-state index in [-0.39, 0.29) is 29.6 Å². The lowest BCUT2D eigenvalue weighted by molar-refractivity contribution is -0.138. The van der Waals surface area contributed by atoms with Crippen molar-refractivity contribution in [3.8, 4) is 11.3 Å². The summed E-state index contributed by atoms with van der Waals surface area (Å²) < 4.78 is 18.9. The molecule has 1 atom stereocenters. The summed E-state index contributed by atoms with van der Waals surface area (Å²) in [6.07, 6.45) is 0. The fourth-order valence-electron chi connectivity index (χ4n) is 3.84. The number of thioether (sulfide) groups is 1. The average molecular weight is 483 g/mol. The molecule has 3 aromatic rings. The van der Waals surface area contributed by atoms with E-state index in [9.17, 15) is 14.0 Å². The Morgan fingerprint density at radius 3 is 2.50 bits per heavy atom. The summed E-state index contributed by atoms with van der Waals surface area (Å²) in [6, 6.07) is 13.2. The van der Waals surface area contributed by atoms with E-state index >= 15 is 0 Å². The Labute approximate surface area is 202 Å². The van der Waals surface area contributed by atoms with E-state index in [2.05, 4.69) is 10.2 Å². The predicted octanol–water partition coefficient (Wildman–Crippen LogP) is 4.50. The SMILES string of the molecule is CC(C)C(=O)N1CCN(C(=O)c2ccc(CSc3ccc(-c4ccc(F)cc4)nn3)o2)C[C@H]1C. The van der Waals surface area contributed by atoms with E-state index in [1.807, 2.05) is 37.8 Å². The second kappa shape index (κ2) is 10.4. The first kappa shape index (κ1) is 23.9. The van der Waals surface area contributed by atoms with E-state index in [1.54, 1.807) is 29.2 Å². The van der Waals surface area contributed by atoms with Crippen molar-refractivity contribution in [2.45, 2.75) is 37.6 Å². The van der Waals surface area contributed by atoms with Gasteiger partial charge in [-0.15, -0.1) is 10.2 Å². The Morgan fingerprint density at radius 1 is 1.09 bits per heavy atom. The van der Waals surface area contributed by atoms with E-state index in [0.717, 1.165) is 10.6 Å². The van der Waals surface area contributed by atoms with Gasteiger partial charge in [0.2, 0.25) is 5.91 Å². The van der Waals surface area contributed by atoms with Gasteiger partial charge in [0.1, 0.15) is 16.6 Å². The third kappa shape index (κ3) is 5.47. The maximum absolute atomic E-state index is 13.1. The summed E-state index contributed by atoms with van der Waals surface area (Å²) in [5.41, 5.74) is 1.46. The van der Waals surface area contributed by atoms with Crippen LogP contribution in [0.25, 0.3) is 11.3 Å². The lowest BCUT2D eigenvalue weighted by Crippen LogP contribution is -2.56. The molecule has 9 heteroatoms. The van der Waals surface area contributed by atoms with Crippen molar-refractivity contribution >= 4 is 23.6 Å². The highest BCUT2D eigenvalue weighted by Crippen LogP contribution is 2.25. The second-order valence-corrected chi connectivity index (χ2v) is 9.60. The molecule has 1 aliphatic rings. The van der Waals surface area contributed by atoms with Gasteiger partial charge in [-0.1, -0.05) is 25.6 Å². The van der Waals surface area contributed by atoms with Crippen molar-refractivity contribution < 1.29 is 18.4 Å². The van der Waals surface area contributed by atoms with Gasteiger partial charge in [-0.3, -0.25) is 9.59 Å². The highest BCUT2D eigenvalue weighted by molar-refractivity contribution is 7.98. The molecule has 2 aromatic heterocycles. The first-order valence-corrected chi connectivity index (χ1v) is 12.2. The number of nitrogens with zero attached hydrogens (tertiary/aromatic N) is 4. The summed E-state index contributed by atoms with van der Waals surface area (Å²) >= 11 is 1.45. The minimum Gasteiger partial charge on any atom is -0.455 e. The Bertz CT molecular complexity index is 1150. The number of benzene rings is 1. The molecule has 0 aliphatic carbocycles. The van der Waals surface area contributed by atoms with Crippen molar-refractivity contribution in [2.75, 3.05) is 19.6 Å². The number of hydrogen-bond donors (Lipinski definition) is 0. The molecule has 4 rings (SSSR count). The van der Waals surface area contributed by atoms with Crippen LogP contribution in [-0.4, -0.2) is 57.5 Å². The van der Waals surface area contributed by atoms with Crippen molar-refractivity contribution in [2.24, 2.45) is 5.92 Å². The summed E-state index contributed by atoms with van der Waals surface area (Å²) in [5, 5.41) is 9.15. The first-order chi connectivity index (χ1) is 16.3. The number of hydrogen-bond acceptors (Lipinski definition) is 6. The normalized spacial score (nSPS) is 16.2. The number of carbonyl (C=O) groups excluding carboxylic acids is 2. The Balaban J connectivity index is 1.32. The van der Waals surface area contributed by atoms with Gasteiger partial charge in [0, 0.05) is 37.2 Å². The van der Waals surface area contributed by atoms with Crippen molar-refractivity contribution in [3.05, 3.63) is 65.9 Å². The molecule has 0 radical (unpaired) electrons. The highest BCUT2D eigenvalue weighted by Gasteiger charge is 2.32. The lowest BCUT2D eigenvalue weighted by Gasteiger charge is -2.40. The summed E-state index contributed by atoms with van der Waals surface area (Å²) in [4.78, 5) is 28.8. The van der Waals surface area contributed by atoms with Crippen LogP contribution in [0.4, 0.5) is 4.39 Å². The standard InChI is InChI=1S/C25H27FN4O3S/c1-16(2)24(31)30-13-12-29(14-17(30)3)25(32)22-10-8-20(33-22)15-34-23-11-9-21(27-28-23)18-4-6-19(26)7-5-18/h4-11,16-17H,12-15H2,1-3H3/t17-/m1/s1. The van der Waals surface area contributed by atoms with E-state index in [0.29, 0.717) is 42.6 Å². The van der Waals surface area contributed by atoms with Crippen molar-refractivity contribution in [1.29, 1.82) is 0 Å². The molecule has 0 bridgehead atoms. The molecule has 7 nitrogen and oxygen atoms in total. The number of halogens is 1. The molecule has 1 aromatic carbocycles. The van der Waals surface area contributed by atoms with Gasteiger partial charge in [-0.2, -0.15) is 0 Å². The van der Waals surface area contributed by atoms with Crippen LogP contribution >= 0.6 is 11.8 Å². The minimum absolute atomic E-state index is 0.0333. The molecule has 0 saturated carbocycles. The highest BCUT2D eigenvalue weighted by atomic mass is 32.2. The minimum atomic E-state index is -0.293. The molecule has 1 aliphatic heterocycles. The fourth-order valence-corrected chi connectivity index (χ4v) is 4.55. The number of piperazine rings is 1. The monoisotopic (exact) mass is 482 g/mol. The molecule has 2 amide bonds. The number of amides is 2. The maximum atomic E-state index is 13.1. The van der Waals surface area contributed by atoms with Crippen LogP contribution in [0.3, 0.4) is 0 Å². The number of furan rings is 1. The maximum Gasteiger partial charge on any atom is 0.289 e. The fraction of sp³-hybridized carbons (Fsp3) is 0.360. The molecule has 34 heavy (non-hydrogen) atoms. The van der Waals surface area contributed by atoms with Crippen LogP contribution in [-0.2, 0) is 10.5 Å². The number of carbonyl (C=O) groups is 2. The molecule has 0 spiro atoms. The van der Waals surface area contributed by atoms with Gasteiger partial charge in [-0.05, 0) is 55.5 Å².